The second-order valence-electron chi connectivity index (χ2n) is 3.59. The molecule has 0 aliphatic heterocycles. The first-order chi connectivity index (χ1) is 8.16. The Morgan fingerprint density at radius 1 is 1.24 bits per heavy atom. The van der Waals surface area contributed by atoms with E-state index in [2.05, 4.69) is 14.7 Å². The second kappa shape index (κ2) is 5.01. The van der Waals surface area contributed by atoms with Gasteiger partial charge in [0, 0.05) is 12.4 Å². The van der Waals surface area contributed by atoms with Crippen LogP contribution >= 0.6 is 0 Å². The average Bonchev–Trinajstić information content (AvgIpc) is 2.80. The Balaban J connectivity index is 1.94. The van der Waals surface area contributed by atoms with Gasteiger partial charge in [-0.2, -0.15) is 0 Å². The summed E-state index contributed by atoms with van der Waals surface area (Å²) in [6.07, 6.45) is 3.54. The summed E-state index contributed by atoms with van der Waals surface area (Å²) >= 11 is 0. The van der Waals surface area contributed by atoms with Gasteiger partial charge in [0.25, 0.3) is 0 Å². The van der Waals surface area contributed by atoms with Gasteiger partial charge in [-0.3, -0.25) is 4.72 Å². The lowest BCUT2D eigenvalue weighted by Crippen LogP contribution is -2.18. The van der Waals surface area contributed by atoms with Gasteiger partial charge in [0.1, 0.15) is 0 Å². The summed E-state index contributed by atoms with van der Waals surface area (Å²) in [7, 11) is -3.35. The number of aromatic nitrogens is 2. The van der Waals surface area contributed by atoms with Crippen molar-refractivity contribution >= 4 is 16.0 Å². The fourth-order valence-electron chi connectivity index (χ4n) is 1.42. The van der Waals surface area contributed by atoms with Crippen molar-refractivity contribution < 1.29 is 8.42 Å². The maximum Gasteiger partial charge on any atom is 0.235 e. The molecule has 0 atom stereocenters. The Morgan fingerprint density at radius 2 is 2.00 bits per heavy atom. The minimum atomic E-state index is -3.35. The van der Waals surface area contributed by atoms with Gasteiger partial charge >= 0.3 is 0 Å². The van der Waals surface area contributed by atoms with Gasteiger partial charge in [0.05, 0.1) is 5.75 Å². The van der Waals surface area contributed by atoms with Gasteiger partial charge < -0.3 is 4.98 Å². The fourth-order valence-corrected chi connectivity index (χ4v) is 2.43. The lowest BCUT2D eigenvalue weighted by atomic mass is 10.2. The third kappa shape index (κ3) is 3.60. The molecule has 2 aromatic rings. The number of hydrogen-bond acceptors (Lipinski definition) is 3. The SMILES string of the molecule is O=S(=O)(CCc1ccccc1)Nc1ncc[nH]1. The van der Waals surface area contributed by atoms with Gasteiger partial charge in [0.2, 0.25) is 16.0 Å². The third-order valence-corrected chi connectivity index (χ3v) is 3.50. The molecule has 1 aromatic carbocycles. The highest BCUT2D eigenvalue weighted by Gasteiger charge is 2.11. The topological polar surface area (TPSA) is 74.8 Å². The first kappa shape index (κ1) is 11.7. The smallest absolute Gasteiger partial charge is 0.235 e. The number of sulfonamides is 1. The molecule has 2 N–H and O–H groups in total. The van der Waals surface area contributed by atoms with Crippen LogP contribution < -0.4 is 4.72 Å². The molecule has 0 unspecified atom stereocenters. The van der Waals surface area contributed by atoms with Crippen LogP contribution in [-0.4, -0.2) is 24.1 Å². The van der Waals surface area contributed by atoms with Crippen molar-refractivity contribution in [3.05, 3.63) is 48.3 Å². The van der Waals surface area contributed by atoms with E-state index in [4.69, 9.17) is 0 Å². The average molecular weight is 251 g/mol. The number of anilines is 1. The minimum Gasteiger partial charge on any atom is -0.330 e. The Bertz CT molecular complexity index is 550. The van der Waals surface area contributed by atoms with Crippen LogP contribution in [0.25, 0.3) is 0 Å². The largest absolute Gasteiger partial charge is 0.330 e. The van der Waals surface area contributed by atoms with E-state index in [-0.39, 0.29) is 11.7 Å². The number of hydrogen-bond donors (Lipinski definition) is 2. The monoisotopic (exact) mass is 251 g/mol. The molecular formula is C11H13N3O2S. The van der Waals surface area contributed by atoms with Gasteiger partial charge in [-0.1, -0.05) is 30.3 Å². The molecule has 0 radical (unpaired) electrons. The maximum absolute atomic E-state index is 11.7. The zero-order chi connectivity index (χ0) is 12.1. The Labute approximate surface area is 100.0 Å². The molecule has 0 saturated carbocycles. The van der Waals surface area contributed by atoms with Crippen LogP contribution in [0.5, 0.6) is 0 Å². The second-order valence-corrected chi connectivity index (χ2v) is 5.44. The molecule has 0 amide bonds. The van der Waals surface area contributed by atoms with E-state index in [0.717, 1.165) is 5.56 Å². The highest BCUT2D eigenvalue weighted by molar-refractivity contribution is 7.92. The summed E-state index contributed by atoms with van der Waals surface area (Å²) in [5, 5.41) is 0. The standard InChI is InChI=1S/C11H13N3O2S/c15-17(16,14-11-12-7-8-13-11)9-6-10-4-2-1-3-5-10/h1-5,7-8H,6,9H2,(H2,12,13,14). The molecular weight excluding hydrogens is 238 g/mol. The first-order valence-electron chi connectivity index (χ1n) is 5.19. The summed E-state index contributed by atoms with van der Waals surface area (Å²) in [6.45, 7) is 0. The zero-order valence-electron chi connectivity index (χ0n) is 9.13. The summed E-state index contributed by atoms with van der Waals surface area (Å²) in [5.41, 5.74) is 0.998. The van der Waals surface area contributed by atoms with E-state index >= 15 is 0 Å². The zero-order valence-corrected chi connectivity index (χ0v) is 9.94. The van der Waals surface area contributed by atoms with Crippen molar-refractivity contribution in [1.82, 2.24) is 9.97 Å². The van der Waals surface area contributed by atoms with Gasteiger partial charge in [0.15, 0.2) is 0 Å². The molecule has 17 heavy (non-hydrogen) atoms. The third-order valence-electron chi connectivity index (χ3n) is 2.25. The molecule has 1 aromatic heterocycles. The summed E-state index contributed by atoms with van der Waals surface area (Å²) < 4.78 is 25.8. The Morgan fingerprint density at radius 3 is 2.65 bits per heavy atom. The van der Waals surface area contributed by atoms with Crippen molar-refractivity contribution in [3.63, 3.8) is 0 Å². The van der Waals surface area contributed by atoms with E-state index in [1.54, 1.807) is 6.20 Å². The predicted molar refractivity (Wildman–Crippen MR) is 66.1 cm³/mol. The summed E-state index contributed by atoms with van der Waals surface area (Å²) in [6, 6.07) is 9.49. The molecule has 0 fully saturated rings. The first-order valence-corrected chi connectivity index (χ1v) is 6.85. The van der Waals surface area contributed by atoms with E-state index in [1.165, 1.54) is 6.20 Å². The molecule has 0 aliphatic rings. The molecule has 0 aliphatic carbocycles. The lowest BCUT2D eigenvalue weighted by Gasteiger charge is -2.05. The number of aromatic amines is 1. The van der Waals surface area contributed by atoms with E-state index in [0.29, 0.717) is 6.42 Å². The molecule has 0 bridgehead atoms. The molecule has 90 valence electrons. The van der Waals surface area contributed by atoms with Crippen LogP contribution in [0.3, 0.4) is 0 Å². The predicted octanol–water partition coefficient (Wildman–Crippen LogP) is 1.39. The van der Waals surface area contributed by atoms with Crippen LogP contribution in [0, 0.1) is 0 Å². The molecule has 0 spiro atoms. The molecule has 1 heterocycles. The number of rotatable bonds is 5. The van der Waals surface area contributed by atoms with Crippen molar-refractivity contribution in [1.29, 1.82) is 0 Å². The van der Waals surface area contributed by atoms with Gasteiger partial charge in [-0.25, -0.2) is 13.4 Å². The van der Waals surface area contributed by atoms with Gasteiger partial charge in [-0.15, -0.1) is 0 Å². The number of nitrogens with one attached hydrogen (secondary N) is 2. The number of nitrogens with zero attached hydrogens (tertiary/aromatic N) is 1. The molecule has 5 nitrogen and oxygen atoms in total. The lowest BCUT2D eigenvalue weighted by molar-refractivity contribution is 0.600. The normalized spacial score (nSPS) is 11.3. The van der Waals surface area contributed by atoms with Crippen LogP contribution in [0.15, 0.2) is 42.7 Å². The van der Waals surface area contributed by atoms with Crippen LogP contribution in [0.4, 0.5) is 5.95 Å². The Kier molecular flexibility index (Phi) is 3.43. The number of aryl methyl sites for hydroxylation is 1. The van der Waals surface area contributed by atoms with Crippen molar-refractivity contribution in [2.75, 3.05) is 10.5 Å². The maximum atomic E-state index is 11.7. The van der Waals surface area contributed by atoms with Crippen LogP contribution in [0.2, 0.25) is 0 Å². The van der Waals surface area contributed by atoms with Crippen LogP contribution in [-0.2, 0) is 16.4 Å². The Hall–Kier alpha value is -1.82. The molecule has 6 heteroatoms. The van der Waals surface area contributed by atoms with Crippen LogP contribution in [0.1, 0.15) is 5.56 Å². The molecule has 0 saturated heterocycles. The van der Waals surface area contributed by atoms with Gasteiger partial charge in [-0.05, 0) is 12.0 Å². The number of H-pyrrole nitrogens is 1. The van der Waals surface area contributed by atoms with Crippen molar-refractivity contribution in [2.45, 2.75) is 6.42 Å². The summed E-state index contributed by atoms with van der Waals surface area (Å²) in [4.78, 5) is 6.50. The van der Waals surface area contributed by atoms with E-state index in [1.807, 2.05) is 30.3 Å². The van der Waals surface area contributed by atoms with Crippen molar-refractivity contribution in [3.8, 4) is 0 Å². The minimum absolute atomic E-state index is 0.0394. The van der Waals surface area contributed by atoms with E-state index < -0.39 is 10.0 Å². The highest BCUT2D eigenvalue weighted by atomic mass is 32.2. The molecule has 2 rings (SSSR count). The fraction of sp³-hybridized carbons (Fsp3) is 0.182. The number of imidazole rings is 1. The van der Waals surface area contributed by atoms with Crippen molar-refractivity contribution in [2.24, 2.45) is 0 Å². The number of benzene rings is 1. The highest BCUT2D eigenvalue weighted by Crippen LogP contribution is 2.05. The van der Waals surface area contributed by atoms with E-state index in [9.17, 15) is 8.42 Å². The quantitative estimate of drug-likeness (QED) is 0.843. The summed E-state index contributed by atoms with van der Waals surface area (Å²) in [5.74, 6) is 0.288.